The van der Waals surface area contributed by atoms with Crippen LogP contribution in [-0.4, -0.2) is 17.0 Å². The molecule has 0 bridgehead atoms. The van der Waals surface area contributed by atoms with Crippen LogP contribution in [0.25, 0.3) is 0 Å². The second-order valence-electron chi connectivity index (χ2n) is 4.32. The molecule has 0 fully saturated rings. The summed E-state index contributed by atoms with van der Waals surface area (Å²) in [7, 11) is 0. The number of ether oxygens (including phenoxy) is 1. The van der Waals surface area contributed by atoms with E-state index in [2.05, 4.69) is 4.99 Å². The van der Waals surface area contributed by atoms with E-state index in [0.717, 1.165) is 12.1 Å². The maximum absolute atomic E-state index is 13.7. The van der Waals surface area contributed by atoms with E-state index in [1.807, 2.05) is 0 Å². The molecule has 0 aliphatic carbocycles. The van der Waals surface area contributed by atoms with Gasteiger partial charge in [-0.1, -0.05) is 12.1 Å². The van der Waals surface area contributed by atoms with Crippen molar-refractivity contribution in [3.05, 3.63) is 53.3 Å². The molecule has 0 aliphatic heterocycles. The minimum absolute atomic E-state index is 0.0970. The average Bonchev–Trinajstić information content (AvgIpc) is 2.49. The van der Waals surface area contributed by atoms with Crippen LogP contribution in [0, 0.1) is 17.1 Å². The molecule has 0 unspecified atom stereocenters. The lowest BCUT2D eigenvalue weighted by atomic mass is 10.1. The van der Waals surface area contributed by atoms with E-state index >= 15 is 0 Å². The van der Waals surface area contributed by atoms with Crippen molar-refractivity contribution < 1.29 is 19.0 Å². The topological polar surface area (TPSA) is 135 Å². The Balaban J connectivity index is 2.63. The Kier molecular flexibility index (Phi) is 4.42. The molecule has 116 valence electrons. The monoisotopic (exact) mass is 314 g/mol. The number of guanidine groups is 1. The SMILES string of the molecule is N#Cc1ccc(O)c(C(=O)N=C(N)N)c1Oc1ccccc1F. The van der Waals surface area contributed by atoms with Gasteiger partial charge in [-0.15, -0.1) is 0 Å². The second-order valence-corrected chi connectivity index (χ2v) is 4.32. The largest absolute Gasteiger partial charge is 0.507 e. The molecule has 2 aromatic carbocycles. The van der Waals surface area contributed by atoms with Crippen molar-refractivity contribution in [3.63, 3.8) is 0 Å². The average molecular weight is 314 g/mol. The number of hydrogen-bond donors (Lipinski definition) is 3. The summed E-state index contributed by atoms with van der Waals surface area (Å²) in [5, 5.41) is 19.0. The summed E-state index contributed by atoms with van der Waals surface area (Å²) >= 11 is 0. The van der Waals surface area contributed by atoms with Gasteiger partial charge in [-0.3, -0.25) is 4.79 Å². The van der Waals surface area contributed by atoms with Gasteiger partial charge in [-0.05, 0) is 24.3 Å². The van der Waals surface area contributed by atoms with Crippen LogP contribution in [0.4, 0.5) is 4.39 Å². The number of aliphatic imine (C=N–C) groups is 1. The molecule has 7 nitrogen and oxygen atoms in total. The van der Waals surface area contributed by atoms with Crippen molar-refractivity contribution in [2.75, 3.05) is 0 Å². The van der Waals surface area contributed by atoms with Gasteiger partial charge in [0.05, 0.1) is 5.56 Å². The van der Waals surface area contributed by atoms with Crippen LogP contribution >= 0.6 is 0 Å². The maximum Gasteiger partial charge on any atom is 0.287 e. The summed E-state index contributed by atoms with van der Waals surface area (Å²) in [4.78, 5) is 15.3. The summed E-state index contributed by atoms with van der Waals surface area (Å²) in [5.74, 6) is -3.34. The van der Waals surface area contributed by atoms with Gasteiger partial charge in [0.15, 0.2) is 23.3 Å². The molecule has 8 heteroatoms. The molecular weight excluding hydrogens is 303 g/mol. The van der Waals surface area contributed by atoms with Crippen LogP contribution in [-0.2, 0) is 0 Å². The van der Waals surface area contributed by atoms with Crippen LogP contribution in [0.15, 0.2) is 41.4 Å². The van der Waals surface area contributed by atoms with Crippen molar-refractivity contribution in [2.45, 2.75) is 0 Å². The van der Waals surface area contributed by atoms with Gasteiger partial charge in [0.25, 0.3) is 5.91 Å². The van der Waals surface area contributed by atoms with E-state index in [0.29, 0.717) is 0 Å². The first-order chi connectivity index (χ1) is 10.9. The molecule has 0 radical (unpaired) electrons. The van der Waals surface area contributed by atoms with Crippen LogP contribution in [0.2, 0.25) is 0 Å². The van der Waals surface area contributed by atoms with Gasteiger partial charge < -0.3 is 21.3 Å². The maximum atomic E-state index is 13.7. The van der Waals surface area contributed by atoms with Crippen molar-refractivity contribution in [3.8, 4) is 23.3 Å². The minimum atomic E-state index is -1.02. The Morgan fingerprint density at radius 2 is 1.96 bits per heavy atom. The number of aromatic hydroxyl groups is 1. The van der Waals surface area contributed by atoms with Crippen LogP contribution in [0.3, 0.4) is 0 Å². The highest BCUT2D eigenvalue weighted by Crippen LogP contribution is 2.36. The van der Waals surface area contributed by atoms with Gasteiger partial charge in [0.2, 0.25) is 0 Å². The Hall–Kier alpha value is -3.60. The Morgan fingerprint density at radius 3 is 2.57 bits per heavy atom. The zero-order valence-corrected chi connectivity index (χ0v) is 11.7. The Labute approximate surface area is 130 Å². The van der Waals surface area contributed by atoms with E-state index in [1.165, 1.54) is 24.3 Å². The summed E-state index contributed by atoms with van der Waals surface area (Å²) in [5.41, 5.74) is 9.73. The molecule has 0 aromatic heterocycles. The van der Waals surface area contributed by atoms with Gasteiger partial charge in [-0.25, -0.2) is 4.39 Å². The highest BCUT2D eigenvalue weighted by Gasteiger charge is 2.22. The van der Waals surface area contributed by atoms with Crippen molar-refractivity contribution in [2.24, 2.45) is 16.5 Å². The van der Waals surface area contributed by atoms with Crippen LogP contribution in [0.5, 0.6) is 17.2 Å². The normalized spacial score (nSPS) is 9.74. The first-order valence-electron chi connectivity index (χ1n) is 6.26. The Morgan fingerprint density at radius 1 is 1.26 bits per heavy atom. The molecule has 1 amide bonds. The predicted octanol–water partition coefficient (Wildman–Crippen LogP) is 1.61. The summed E-state index contributed by atoms with van der Waals surface area (Å²) in [6, 6.07) is 9.51. The number of amides is 1. The number of carbonyl (C=O) groups excluding carboxylic acids is 1. The number of benzene rings is 2. The lowest BCUT2D eigenvalue weighted by Gasteiger charge is -2.12. The lowest BCUT2D eigenvalue weighted by molar-refractivity contribution is 0.0997. The van der Waals surface area contributed by atoms with Crippen molar-refractivity contribution in [1.29, 1.82) is 5.26 Å². The third-order valence-corrected chi connectivity index (χ3v) is 2.75. The first-order valence-corrected chi connectivity index (χ1v) is 6.26. The number of nitrogens with two attached hydrogens (primary N) is 2. The highest BCUT2D eigenvalue weighted by molar-refractivity contribution is 6.06. The fourth-order valence-electron chi connectivity index (χ4n) is 1.78. The number of nitrogens with zero attached hydrogens (tertiary/aromatic N) is 2. The van der Waals surface area contributed by atoms with E-state index in [4.69, 9.17) is 21.5 Å². The number of nitriles is 1. The zero-order valence-electron chi connectivity index (χ0n) is 11.7. The highest BCUT2D eigenvalue weighted by atomic mass is 19.1. The third-order valence-electron chi connectivity index (χ3n) is 2.75. The van der Waals surface area contributed by atoms with E-state index < -0.39 is 29.0 Å². The molecule has 0 aliphatic rings. The molecule has 23 heavy (non-hydrogen) atoms. The molecule has 2 rings (SSSR count). The summed E-state index contributed by atoms with van der Waals surface area (Å²) < 4.78 is 19.0. The van der Waals surface area contributed by atoms with E-state index in [-0.39, 0.29) is 17.1 Å². The van der Waals surface area contributed by atoms with Gasteiger partial charge >= 0.3 is 0 Å². The number of hydrogen-bond acceptors (Lipinski definition) is 4. The number of phenolic OH excluding ortho intramolecular Hbond substituents is 1. The molecule has 0 spiro atoms. The number of rotatable bonds is 3. The zero-order chi connectivity index (χ0) is 17.0. The fourth-order valence-corrected chi connectivity index (χ4v) is 1.78. The fraction of sp³-hybridized carbons (Fsp3) is 0. The summed E-state index contributed by atoms with van der Waals surface area (Å²) in [6.07, 6.45) is 0. The number of halogens is 1. The second kappa shape index (κ2) is 6.44. The standard InChI is InChI=1S/C15H11FN4O3/c16-9-3-1-2-4-11(9)23-13-8(7-17)5-6-10(21)12(13)14(22)20-15(18)19/h1-6,21H,(H4,18,19,20,22). The smallest absolute Gasteiger partial charge is 0.287 e. The van der Waals surface area contributed by atoms with Crippen LogP contribution < -0.4 is 16.2 Å². The quantitative estimate of drug-likeness (QED) is 0.582. The predicted molar refractivity (Wildman–Crippen MR) is 79.4 cm³/mol. The van der Waals surface area contributed by atoms with E-state index in [1.54, 1.807) is 6.07 Å². The number of phenols is 1. The molecule has 5 N–H and O–H groups in total. The van der Waals surface area contributed by atoms with Crippen molar-refractivity contribution >= 4 is 11.9 Å². The molecule has 0 atom stereocenters. The lowest BCUT2D eigenvalue weighted by Crippen LogP contribution is -2.24. The van der Waals surface area contributed by atoms with Gasteiger partial charge in [0.1, 0.15) is 17.4 Å². The number of carbonyl (C=O) groups is 1. The molecule has 2 aromatic rings. The minimum Gasteiger partial charge on any atom is -0.507 e. The molecule has 0 heterocycles. The molecule has 0 saturated heterocycles. The Bertz CT molecular complexity index is 839. The van der Waals surface area contributed by atoms with Gasteiger partial charge in [0, 0.05) is 0 Å². The summed E-state index contributed by atoms with van der Waals surface area (Å²) in [6.45, 7) is 0. The third kappa shape index (κ3) is 3.36. The first kappa shape index (κ1) is 15.8. The molecular formula is C15H11FN4O3. The van der Waals surface area contributed by atoms with E-state index in [9.17, 15) is 14.3 Å². The molecule has 0 saturated carbocycles. The van der Waals surface area contributed by atoms with Crippen LogP contribution in [0.1, 0.15) is 15.9 Å². The number of para-hydroxylation sites is 1. The van der Waals surface area contributed by atoms with Gasteiger partial charge in [-0.2, -0.15) is 10.3 Å². The van der Waals surface area contributed by atoms with Crippen molar-refractivity contribution in [1.82, 2.24) is 0 Å².